The van der Waals surface area contributed by atoms with Crippen molar-refractivity contribution in [3.8, 4) is 11.5 Å². The zero-order valence-electron chi connectivity index (χ0n) is 13.7. The summed E-state index contributed by atoms with van der Waals surface area (Å²) in [6.45, 7) is 0.567. The Labute approximate surface area is 144 Å². The maximum absolute atomic E-state index is 12.1. The molecule has 25 heavy (non-hydrogen) atoms. The van der Waals surface area contributed by atoms with Gasteiger partial charge in [0.15, 0.2) is 11.2 Å². The molecule has 1 aromatic heterocycles. The molecule has 0 radical (unpaired) electrons. The maximum atomic E-state index is 12.1. The van der Waals surface area contributed by atoms with Crippen LogP contribution >= 0.6 is 0 Å². The van der Waals surface area contributed by atoms with Crippen LogP contribution in [0.4, 0.5) is 0 Å². The fraction of sp³-hybridized carbons (Fsp3) is 0.158. The molecule has 0 saturated carbocycles. The Balaban J connectivity index is 1.56. The van der Waals surface area contributed by atoms with Gasteiger partial charge in [0.05, 0.1) is 19.0 Å². The number of carbonyl (C=O) groups excluding carboxylic acids is 1. The van der Waals surface area contributed by atoms with Gasteiger partial charge in [0.2, 0.25) is 0 Å². The van der Waals surface area contributed by atoms with Crippen LogP contribution in [-0.2, 0) is 0 Å². The van der Waals surface area contributed by atoms with E-state index in [1.54, 1.807) is 55.6 Å². The van der Waals surface area contributed by atoms with Crippen LogP contribution in [0.25, 0.3) is 11.0 Å². The van der Waals surface area contributed by atoms with Crippen LogP contribution in [0, 0.1) is 0 Å². The zero-order valence-corrected chi connectivity index (χ0v) is 13.7. The van der Waals surface area contributed by atoms with Crippen molar-refractivity contribution in [2.24, 2.45) is 0 Å². The molecule has 1 N–H and O–H groups in total. The molecule has 0 saturated heterocycles. The summed E-state index contributed by atoms with van der Waals surface area (Å²) >= 11 is 0. The topological polar surface area (TPSA) is 77.8 Å². The van der Waals surface area contributed by atoms with Crippen LogP contribution in [0.5, 0.6) is 11.5 Å². The third kappa shape index (κ3) is 3.98. The molecule has 6 heteroatoms. The largest absolute Gasteiger partial charge is 0.497 e. The average molecular weight is 339 g/mol. The number of carbonyl (C=O) groups is 1. The van der Waals surface area contributed by atoms with E-state index < -0.39 is 5.91 Å². The van der Waals surface area contributed by atoms with Crippen LogP contribution in [0.3, 0.4) is 0 Å². The number of rotatable bonds is 6. The predicted molar refractivity (Wildman–Crippen MR) is 93.3 cm³/mol. The van der Waals surface area contributed by atoms with Crippen molar-refractivity contribution < 1.29 is 18.7 Å². The molecule has 3 rings (SSSR count). The molecule has 3 aromatic rings. The summed E-state index contributed by atoms with van der Waals surface area (Å²) in [6, 6.07) is 15.1. The van der Waals surface area contributed by atoms with E-state index in [2.05, 4.69) is 5.32 Å². The molecule has 1 heterocycles. The summed E-state index contributed by atoms with van der Waals surface area (Å²) in [5.41, 5.74) is 0.135. The van der Waals surface area contributed by atoms with Crippen LogP contribution in [0.15, 0.2) is 63.8 Å². The second-order valence-corrected chi connectivity index (χ2v) is 5.25. The van der Waals surface area contributed by atoms with Crippen molar-refractivity contribution in [3.63, 3.8) is 0 Å². The van der Waals surface area contributed by atoms with Crippen molar-refractivity contribution in [1.29, 1.82) is 0 Å². The van der Waals surface area contributed by atoms with Gasteiger partial charge in [0, 0.05) is 6.07 Å². The molecule has 0 aliphatic rings. The first kappa shape index (κ1) is 16.6. The van der Waals surface area contributed by atoms with Crippen molar-refractivity contribution in [2.75, 3.05) is 20.3 Å². The zero-order chi connectivity index (χ0) is 17.6. The van der Waals surface area contributed by atoms with Crippen molar-refractivity contribution >= 4 is 16.9 Å². The van der Waals surface area contributed by atoms with E-state index in [0.29, 0.717) is 16.7 Å². The summed E-state index contributed by atoms with van der Waals surface area (Å²) in [6.07, 6.45) is 0. The standard InChI is InChI=1S/C19H17NO5/c1-23-13-6-8-14(9-7-13)24-11-10-20-19(22)18-12-16(21)15-4-2-3-5-17(15)25-18/h2-9,12H,10-11H2,1H3,(H,20,22). The quantitative estimate of drug-likeness (QED) is 0.699. The first-order valence-electron chi connectivity index (χ1n) is 7.75. The van der Waals surface area contributed by atoms with Gasteiger partial charge in [0.25, 0.3) is 5.91 Å². The lowest BCUT2D eigenvalue weighted by Crippen LogP contribution is -2.28. The Morgan fingerprint density at radius 1 is 1.08 bits per heavy atom. The van der Waals surface area contributed by atoms with Crippen molar-refractivity contribution in [2.45, 2.75) is 0 Å². The third-order valence-corrected chi connectivity index (χ3v) is 3.57. The Kier molecular flexibility index (Phi) is 4.99. The minimum absolute atomic E-state index is 0.0202. The minimum Gasteiger partial charge on any atom is -0.497 e. The molecule has 2 aromatic carbocycles. The molecule has 128 valence electrons. The van der Waals surface area contributed by atoms with E-state index >= 15 is 0 Å². The highest BCUT2D eigenvalue weighted by Crippen LogP contribution is 2.16. The van der Waals surface area contributed by atoms with Gasteiger partial charge < -0.3 is 19.2 Å². The van der Waals surface area contributed by atoms with Crippen molar-refractivity contribution in [3.05, 3.63) is 70.6 Å². The number of nitrogens with one attached hydrogen (secondary N) is 1. The molecule has 0 aliphatic carbocycles. The molecule has 0 bridgehead atoms. The van der Waals surface area contributed by atoms with Gasteiger partial charge in [-0.1, -0.05) is 12.1 Å². The summed E-state index contributed by atoms with van der Waals surface area (Å²) in [7, 11) is 1.59. The van der Waals surface area contributed by atoms with Gasteiger partial charge in [0.1, 0.15) is 23.7 Å². The number of amides is 1. The van der Waals surface area contributed by atoms with Gasteiger partial charge in [-0.2, -0.15) is 0 Å². The third-order valence-electron chi connectivity index (χ3n) is 3.57. The SMILES string of the molecule is COc1ccc(OCCNC(=O)c2cc(=O)c3ccccc3o2)cc1. The smallest absolute Gasteiger partial charge is 0.287 e. The van der Waals surface area contributed by atoms with E-state index in [1.807, 2.05) is 0 Å². The predicted octanol–water partition coefficient (Wildman–Crippen LogP) is 2.61. The van der Waals surface area contributed by atoms with Gasteiger partial charge in [-0.15, -0.1) is 0 Å². The Morgan fingerprint density at radius 3 is 2.56 bits per heavy atom. The van der Waals surface area contributed by atoms with Crippen LogP contribution in [-0.4, -0.2) is 26.2 Å². The second kappa shape index (κ2) is 7.53. The Morgan fingerprint density at radius 2 is 1.80 bits per heavy atom. The first-order chi connectivity index (χ1) is 12.2. The van der Waals surface area contributed by atoms with E-state index in [0.717, 1.165) is 5.75 Å². The Hall–Kier alpha value is -3.28. The van der Waals surface area contributed by atoms with E-state index in [4.69, 9.17) is 13.9 Å². The van der Waals surface area contributed by atoms with Gasteiger partial charge in [-0.25, -0.2) is 0 Å². The second-order valence-electron chi connectivity index (χ2n) is 5.25. The molecule has 0 aliphatic heterocycles. The van der Waals surface area contributed by atoms with Crippen LogP contribution in [0.1, 0.15) is 10.6 Å². The highest BCUT2D eigenvalue weighted by Gasteiger charge is 2.11. The number of methoxy groups -OCH3 is 1. The molecule has 0 unspecified atom stereocenters. The summed E-state index contributed by atoms with van der Waals surface area (Å²) in [5.74, 6) is 0.939. The number of para-hydroxylation sites is 1. The van der Waals surface area contributed by atoms with Crippen molar-refractivity contribution in [1.82, 2.24) is 5.32 Å². The summed E-state index contributed by atoms with van der Waals surface area (Å²) < 4.78 is 16.1. The molecule has 6 nitrogen and oxygen atoms in total. The van der Waals surface area contributed by atoms with E-state index in [1.165, 1.54) is 6.07 Å². The highest BCUT2D eigenvalue weighted by atomic mass is 16.5. The number of benzene rings is 2. The Bertz CT molecular complexity index is 930. The van der Waals surface area contributed by atoms with E-state index in [-0.39, 0.29) is 24.3 Å². The number of hydrogen-bond donors (Lipinski definition) is 1. The van der Waals surface area contributed by atoms with Crippen LogP contribution < -0.4 is 20.2 Å². The molecule has 0 atom stereocenters. The molecular weight excluding hydrogens is 322 g/mol. The monoisotopic (exact) mass is 339 g/mol. The fourth-order valence-corrected chi connectivity index (χ4v) is 2.31. The van der Waals surface area contributed by atoms with E-state index in [9.17, 15) is 9.59 Å². The normalized spacial score (nSPS) is 10.4. The average Bonchev–Trinajstić information content (AvgIpc) is 2.65. The molecule has 0 fully saturated rings. The fourth-order valence-electron chi connectivity index (χ4n) is 2.31. The van der Waals surface area contributed by atoms with Gasteiger partial charge in [-0.3, -0.25) is 9.59 Å². The first-order valence-corrected chi connectivity index (χ1v) is 7.75. The lowest BCUT2D eigenvalue weighted by molar-refractivity contribution is 0.0920. The molecule has 1 amide bonds. The molecule has 0 spiro atoms. The van der Waals surface area contributed by atoms with Gasteiger partial charge >= 0.3 is 0 Å². The van der Waals surface area contributed by atoms with Crippen LogP contribution in [0.2, 0.25) is 0 Å². The summed E-state index contributed by atoms with van der Waals surface area (Å²) in [4.78, 5) is 24.1. The number of hydrogen-bond acceptors (Lipinski definition) is 5. The lowest BCUT2D eigenvalue weighted by Gasteiger charge is -2.08. The number of ether oxygens (including phenoxy) is 2. The van der Waals surface area contributed by atoms with Gasteiger partial charge in [-0.05, 0) is 36.4 Å². The summed E-state index contributed by atoms with van der Waals surface area (Å²) in [5, 5.41) is 3.11. The minimum atomic E-state index is -0.457. The lowest BCUT2D eigenvalue weighted by atomic mass is 10.2. The molecular formula is C19H17NO5. The highest BCUT2D eigenvalue weighted by molar-refractivity contribution is 5.93. The number of fused-ring (bicyclic) bond motifs is 1. The maximum Gasteiger partial charge on any atom is 0.287 e.